The van der Waals surface area contributed by atoms with Gasteiger partial charge >= 0.3 is 0 Å². The number of hydrogen-bond acceptors (Lipinski definition) is 3. The minimum Gasteiger partial charge on any atom is -0.392 e. The highest BCUT2D eigenvalue weighted by molar-refractivity contribution is 5.76. The minimum absolute atomic E-state index is 0.0897. The second-order valence-corrected chi connectivity index (χ2v) is 7.32. The summed E-state index contributed by atoms with van der Waals surface area (Å²) < 4.78 is 0. The lowest BCUT2D eigenvalue weighted by Gasteiger charge is -2.35. The fourth-order valence-electron chi connectivity index (χ4n) is 3.57. The number of benzene rings is 2. The van der Waals surface area contributed by atoms with E-state index in [9.17, 15) is 4.79 Å². The summed E-state index contributed by atoms with van der Waals surface area (Å²) in [6.45, 7) is 4.50. The Labute approximate surface area is 162 Å². The SMILES string of the molecule is O=C(CCCCc1ccccc1)N1CCN(Cc2ccc(CO)cc2)CC1. The van der Waals surface area contributed by atoms with Crippen molar-refractivity contribution in [3.05, 3.63) is 71.3 Å². The number of unbranched alkanes of at least 4 members (excludes halogenated alkanes) is 1. The number of carbonyl (C=O) groups excluding carboxylic acids is 1. The molecule has 27 heavy (non-hydrogen) atoms. The lowest BCUT2D eigenvalue weighted by molar-refractivity contribution is -0.133. The van der Waals surface area contributed by atoms with Crippen LogP contribution >= 0.6 is 0 Å². The zero-order valence-electron chi connectivity index (χ0n) is 16.0. The predicted molar refractivity (Wildman–Crippen MR) is 108 cm³/mol. The molecular formula is C23H30N2O2. The molecule has 4 heteroatoms. The van der Waals surface area contributed by atoms with Gasteiger partial charge in [0.15, 0.2) is 0 Å². The normalized spacial score (nSPS) is 15.1. The van der Waals surface area contributed by atoms with E-state index in [-0.39, 0.29) is 6.61 Å². The summed E-state index contributed by atoms with van der Waals surface area (Å²) in [5, 5.41) is 9.12. The van der Waals surface area contributed by atoms with Crippen molar-refractivity contribution in [2.24, 2.45) is 0 Å². The number of piperazine rings is 1. The third-order valence-electron chi connectivity index (χ3n) is 5.29. The van der Waals surface area contributed by atoms with Crippen molar-refractivity contribution >= 4 is 5.91 Å². The van der Waals surface area contributed by atoms with Crippen LogP contribution in [0.5, 0.6) is 0 Å². The number of aryl methyl sites for hydroxylation is 1. The average Bonchev–Trinajstić information content (AvgIpc) is 2.73. The Balaban J connectivity index is 1.33. The number of aliphatic hydroxyl groups excluding tert-OH is 1. The molecule has 1 aliphatic rings. The van der Waals surface area contributed by atoms with E-state index in [1.54, 1.807) is 0 Å². The maximum Gasteiger partial charge on any atom is 0.222 e. The fraction of sp³-hybridized carbons (Fsp3) is 0.435. The van der Waals surface area contributed by atoms with Gasteiger partial charge in [-0.1, -0.05) is 54.6 Å². The quantitative estimate of drug-likeness (QED) is 0.730. The molecule has 0 unspecified atom stereocenters. The first-order valence-electron chi connectivity index (χ1n) is 9.97. The third-order valence-corrected chi connectivity index (χ3v) is 5.29. The summed E-state index contributed by atoms with van der Waals surface area (Å²) in [4.78, 5) is 16.8. The third kappa shape index (κ3) is 6.19. The number of aliphatic hydroxyl groups is 1. The topological polar surface area (TPSA) is 43.8 Å². The monoisotopic (exact) mass is 366 g/mol. The Morgan fingerprint density at radius 1 is 0.815 bits per heavy atom. The van der Waals surface area contributed by atoms with E-state index in [2.05, 4.69) is 41.3 Å². The molecular weight excluding hydrogens is 336 g/mol. The van der Waals surface area contributed by atoms with E-state index in [1.807, 2.05) is 23.1 Å². The second kappa shape index (κ2) is 10.2. The van der Waals surface area contributed by atoms with Crippen LogP contribution in [0.15, 0.2) is 54.6 Å². The van der Waals surface area contributed by atoms with Crippen molar-refractivity contribution in [2.45, 2.75) is 38.8 Å². The zero-order valence-corrected chi connectivity index (χ0v) is 16.0. The molecule has 0 radical (unpaired) electrons. The highest BCUT2D eigenvalue weighted by Crippen LogP contribution is 2.12. The molecule has 2 aromatic rings. The molecule has 0 aliphatic carbocycles. The van der Waals surface area contributed by atoms with Crippen LogP contribution in [0.25, 0.3) is 0 Å². The molecule has 1 heterocycles. The van der Waals surface area contributed by atoms with Crippen molar-refractivity contribution < 1.29 is 9.90 Å². The molecule has 1 aliphatic heterocycles. The van der Waals surface area contributed by atoms with Gasteiger partial charge in [0, 0.05) is 39.1 Å². The minimum atomic E-state index is 0.0897. The van der Waals surface area contributed by atoms with E-state index >= 15 is 0 Å². The van der Waals surface area contributed by atoms with Crippen LogP contribution in [0.3, 0.4) is 0 Å². The molecule has 0 spiro atoms. The summed E-state index contributed by atoms with van der Waals surface area (Å²) in [5.74, 6) is 0.301. The van der Waals surface area contributed by atoms with Gasteiger partial charge in [0.05, 0.1) is 6.61 Å². The number of rotatable bonds is 8. The Morgan fingerprint density at radius 2 is 1.48 bits per heavy atom. The molecule has 1 fully saturated rings. The highest BCUT2D eigenvalue weighted by atomic mass is 16.3. The summed E-state index contributed by atoms with van der Waals surface area (Å²) in [6, 6.07) is 18.6. The summed E-state index contributed by atoms with van der Waals surface area (Å²) in [5.41, 5.74) is 3.56. The summed E-state index contributed by atoms with van der Waals surface area (Å²) in [7, 11) is 0. The van der Waals surface area contributed by atoms with Crippen molar-refractivity contribution in [3.8, 4) is 0 Å². The first-order chi connectivity index (χ1) is 13.2. The summed E-state index contributed by atoms with van der Waals surface area (Å²) in [6.07, 6.45) is 3.75. The van der Waals surface area contributed by atoms with E-state index in [0.717, 1.165) is 57.5 Å². The molecule has 2 aromatic carbocycles. The molecule has 0 saturated carbocycles. The van der Waals surface area contributed by atoms with E-state index < -0.39 is 0 Å². The number of carbonyl (C=O) groups is 1. The van der Waals surface area contributed by atoms with E-state index in [1.165, 1.54) is 11.1 Å². The Morgan fingerprint density at radius 3 is 2.15 bits per heavy atom. The zero-order chi connectivity index (χ0) is 18.9. The number of nitrogens with zero attached hydrogens (tertiary/aromatic N) is 2. The maximum atomic E-state index is 12.4. The van der Waals surface area contributed by atoms with Crippen LogP contribution in [0.4, 0.5) is 0 Å². The standard InChI is InChI=1S/C23H30N2O2/c26-19-22-12-10-21(11-13-22)18-24-14-16-25(17-15-24)23(27)9-5-4-8-20-6-2-1-3-7-20/h1-3,6-7,10-13,26H,4-5,8-9,14-19H2. The molecule has 144 valence electrons. The average molecular weight is 367 g/mol. The van der Waals surface area contributed by atoms with E-state index in [4.69, 9.17) is 5.11 Å². The van der Waals surface area contributed by atoms with Crippen LogP contribution in [-0.4, -0.2) is 47.0 Å². The molecule has 4 nitrogen and oxygen atoms in total. The Kier molecular flexibility index (Phi) is 7.43. The van der Waals surface area contributed by atoms with Crippen LogP contribution < -0.4 is 0 Å². The molecule has 1 saturated heterocycles. The van der Waals surface area contributed by atoms with Crippen LogP contribution in [-0.2, 0) is 24.4 Å². The number of hydrogen-bond donors (Lipinski definition) is 1. The smallest absolute Gasteiger partial charge is 0.222 e. The maximum absolute atomic E-state index is 12.4. The largest absolute Gasteiger partial charge is 0.392 e. The van der Waals surface area contributed by atoms with Gasteiger partial charge in [-0.15, -0.1) is 0 Å². The molecule has 1 amide bonds. The van der Waals surface area contributed by atoms with Crippen LogP contribution in [0, 0.1) is 0 Å². The van der Waals surface area contributed by atoms with E-state index in [0.29, 0.717) is 12.3 Å². The van der Waals surface area contributed by atoms with Gasteiger partial charge in [0.2, 0.25) is 5.91 Å². The van der Waals surface area contributed by atoms with Crippen molar-refractivity contribution in [2.75, 3.05) is 26.2 Å². The summed E-state index contributed by atoms with van der Waals surface area (Å²) >= 11 is 0. The molecule has 0 atom stereocenters. The highest BCUT2D eigenvalue weighted by Gasteiger charge is 2.20. The van der Waals surface area contributed by atoms with Crippen molar-refractivity contribution in [1.82, 2.24) is 9.80 Å². The first kappa shape index (κ1) is 19.6. The van der Waals surface area contributed by atoms with Gasteiger partial charge < -0.3 is 10.0 Å². The lowest BCUT2D eigenvalue weighted by atomic mass is 10.1. The van der Waals surface area contributed by atoms with Gasteiger partial charge in [0.25, 0.3) is 0 Å². The Bertz CT molecular complexity index is 692. The van der Waals surface area contributed by atoms with Gasteiger partial charge in [0.1, 0.15) is 0 Å². The first-order valence-corrected chi connectivity index (χ1v) is 9.97. The lowest BCUT2D eigenvalue weighted by Crippen LogP contribution is -2.48. The Hall–Kier alpha value is -2.17. The van der Waals surface area contributed by atoms with Gasteiger partial charge in [-0.3, -0.25) is 9.69 Å². The fourth-order valence-corrected chi connectivity index (χ4v) is 3.57. The van der Waals surface area contributed by atoms with Crippen molar-refractivity contribution in [3.63, 3.8) is 0 Å². The molecule has 0 aromatic heterocycles. The second-order valence-electron chi connectivity index (χ2n) is 7.32. The van der Waals surface area contributed by atoms with Gasteiger partial charge in [-0.2, -0.15) is 0 Å². The van der Waals surface area contributed by atoms with Gasteiger partial charge in [-0.05, 0) is 36.0 Å². The van der Waals surface area contributed by atoms with Crippen LogP contribution in [0.2, 0.25) is 0 Å². The van der Waals surface area contributed by atoms with Gasteiger partial charge in [-0.25, -0.2) is 0 Å². The predicted octanol–water partition coefficient (Wildman–Crippen LogP) is 3.24. The molecule has 3 rings (SSSR count). The molecule has 0 bridgehead atoms. The van der Waals surface area contributed by atoms with Crippen LogP contribution in [0.1, 0.15) is 36.0 Å². The number of amides is 1. The molecule has 1 N–H and O–H groups in total. The van der Waals surface area contributed by atoms with Crippen molar-refractivity contribution in [1.29, 1.82) is 0 Å².